The number of oxime groups is 1. The van der Waals surface area contributed by atoms with E-state index >= 15 is 4.79 Å². The summed E-state index contributed by atoms with van der Waals surface area (Å²) in [5, 5.41) is 35.1. The van der Waals surface area contributed by atoms with Crippen molar-refractivity contribution in [2.45, 2.75) is 75.8 Å². The van der Waals surface area contributed by atoms with Crippen molar-refractivity contribution >= 4 is 11.6 Å². The van der Waals surface area contributed by atoms with Crippen molar-refractivity contribution in [1.82, 2.24) is 4.90 Å². The third kappa shape index (κ3) is 10.5. The second kappa shape index (κ2) is 23.0. The van der Waals surface area contributed by atoms with Crippen LogP contribution < -0.4 is 18.9 Å². The molecule has 0 radical (unpaired) electrons. The molecule has 0 unspecified atom stereocenters. The molecule has 0 bridgehead atoms. The molecule has 6 atom stereocenters. The molecule has 6 aromatic rings. The van der Waals surface area contributed by atoms with Crippen molar-refractivity contribution in [1.29, 1.82) is 5.26 Å². The predicted octanol–water partition coefficient (Wildman–Crippen LogP) is 11.9. The second-order valence-electron chi connectivity index (χ2n) is 19.3. The highest BCUT2D eigenvalue weighted by atomic mass is 16.7. The monoisotopic (exact) mass is 991 g/mol. The molecule has 6 aromatic carbocycles. The maximum absolute atomic E-state index is 15.6. The molecule has 4 aliphatic rings. The van der Waals surface area contributed by atoms with Gasteiger partial charge in [-0.15, -0.1) is 6.58 Å². The van der Waals surface area contributed by atoms with E-state index in [-0.39, 0.29) is 69.8 Å². The average Bonchev–Trinajstić information content (AvgIpc) is 3.92. The molecule has 74 heavy (non-hydrogen) atoms. The first-order valence-corrected chi connectivity index (χ1v) is 25.7. The number of aliphatic hydroxyl groups excluding tert-OH is 2. The van der Waals surface area contributed by atoms with E-state index in [0.29, 0.717) is 58.4 Å². The standard InChI is InChI=1S/C62H61N3O9/c1-2-33-71-62-58(65(61(68)47-22-19-42(38-63)20-23-47)39-44-21-29-56-57(34-44)70-41-69-56)37-54(64-72-40-43-13-5-3-6-14-43)52-35-48(17-9-11-31-66)51(18-10-12-32-67)59(60(52)62)53-36-50(28-30-55(53)74-62)73-49-26-24-46(25-27-49)45-15-7-4-8-16-45/h2-8,13-16,19-30,34-36,48,51,58-60,66-67H,1,9-12,17-18,31-33,37,39-41H2/t48-,51+,58-,59+,60+,62+/m0/s1. The number of unbranched alkanes of at least 4 members (excludes halogenated alkanes) is 2. The van der Waals surface area contributed by atoms with Crippen molar-refractivity contribution in [2.24, 2.45) is 22.9 Å². The Labute approximate surface area is 432 Å². The van der Waals surface area contributed by atoms with Gasteiger partial charge in [0.15, 0.2) is 11.5 Å². The van der Waals surface area contributed by atoms with Gasteiger partial charge in [0.25, 0.3) is 5.91 Å². The quantitative estimate of drug-likeness (QED) is 0.0405. The lowest BCUT2D eigenvalue weighted by Gasteiger charge is -2.60. The number of ether oxygens (including phenoxy) is 5. The molecule has 378 valence electrons. The van der Waals surface area contributed by atoms with Gasteiger partial charge in [0.05, 0.1) is 29.9 Å². The first-order chi connectivity index (χ1) is 36.4. The molecule has 1 saturated carbocycles. The summed E-state index contributed by atoms with van der Waals surface area (Å²) >= 11 is 0. The summed E-state index contributed by atoms with van der Waals surface area (Å²) in [5.74, 6) is 0.441. The summed E-state index contributed by atoms with van der Waals surface area (Å²) in [5.41, 5.74) is 7.25. The molecule has 2 aliphatic heterocycles. The van der Waals surface area contributed by atoms with Gasteiger partial charge >= 0.3 is 0 Å². The molecule has 0 spiro atoms. The van der Waals surface area contributed by atoms with Crippen LogP contribution in [0.1, 0.15) is 83.5 Å². The Bertz CT molecular complexity index is 3010. The van der Waals surface area contributed by atoms with E-state index in [4.69, 9.17) is 33.7 Å². The van der Waals surface area contributed by atoms with Crippen molar-refractivity contribution in [3.05, 3.63) is 198 Å². The Hall–Kier alpha value is -7.69. The Kier molecular flexibility index (Phi) is 15.5. The summed E-state index contributed by atoms with van der Waals surface area (Å²) < 4.78 is 33.1. The number of carbonyl (C=O) groups excluding carboxylic acids is 1. The van der Waals surface area contributed by atoms with Crippen LogP contribution in [0.3, 0.4) is 0 Å². The van der Waals surface area contributed by atoms with Crippen LogP contribution in [-0.4, -0.2) is 65.2 Å². The smallest absolute Gasteiger partial charge is 0.254 e. The largest absolute Gasteiger partial charge is 0.459 e. The van der Waals surface area contributed by atoms with Gasteiger partial charge in [0.2, 0.25) is 12.6 Å². The van der Waals surface area contributed by atoms with Crippen LogP contribution in [0.5, 0.6) is 28.7 Å². The number of nitrogens with zero attached hydrogens (tertiary/aromatic N) is 3. The number of hydrogen-bond acceptors (Lipinski definition) is 11. The topological polar surface area (TPSA) is 152 Å². The van der Waals surface area contributed by atoms with E-state index in [9.17, 15) is 15.5 Å². The van der Waals surface area contributed by atoms with E-state index in [1.807, 2.05) is 95.9 Å². The third-order valence-corrected chi connectivity index (χ3v) is 14.8. The first kappa shape index (κ1) is 49.9. The number of hydrogen-bond donors (Lipinski definition) is 2. The summed E-state index contributed by atoms with van der Waals surface area (Å²) in [4.78, 5) is 23.8. The maximum Gasteiger partial charge on any atom is 0.254 e. The van der Waals surface area contributed by atoms with Crippen LogP contribution in [0.2, 0.25) is 0 Å². The molecule has 12 heteroatoms. The van der Waals surface area contributed by atoms with Gasteiger partial charge in [-0.05, 0) is 132 Å². The Morgan fingerprint density at radius 2 is 1.49 bits per heavy atom. The number of carbonyl (C=O) groups is 1. The lowest BCUT2D eigenvalue weighted by molar-refractivity contribution is -0.255. The number of aliphatic hydroxyl groups is 2. The van der Waals surface area contributed by atoms with E-state index in [1.54, 1.807) is 30.3 Å². The van der Waals surface area contributed by atoms with Crippen LogP contribution in [-0.2, 0) is 22.7 Å². The van der Waals surface area contributed by atoms with Crippen LogP contribution in [0.15, 0.2) is 175 Å². The van der Waals surface area contributed by atoms with E-state index in [0.717, 1.165) is 59.1 Å². The molecule has 10 rings (SSSR count). The number of allylic oxidation sites excluding steroid dienone is 1. The molecule has 1 fully saturated rings. The molecule has 1 amide bonds. The number of nitriles is 1. The number of amides is 1. The summed E-state index contributed by atoms with van der Waals surface area (Å²) in [7, 11) is 0. The molecule has 0 aromatic heterocycles. The normalized spacial score (nSPS) is 21.6. The summed E-state index contributed by atoms with van der Waals surface area (Å²) in [6.45, 7) is 4.78. The maximum atomic E-state index is 15.6. The van der Waals surface area contributed by atoms with Gasteiger partial charge in [-0.2, -0.15) is 5.26 Å². The number of rotatable bonds is 21. The van der Waals surface area contributed by atoms with Crippen LogP contribution in [0.25, 0.3) is 11.1 Å². The minimum atomic E-state index is -1.53. The molecule has 2 aliphatic carbocycles. The third-order valence-electron chi connectivity index (χ3n) is 14.8. The molecule has 2 N–H and O–H groups in total. The Balaban J connectivity index is 1.16. The minimum absolute atomic E-state index is 0.00877. The fraction of sp³-hybridized carbons (Fsp3) is 0.306. The van der Waals surface area contributed by atoms with Crippen LogP contribution >= 0.6 is 0 Å². The number of fused-ring (bicyclic) bond motifs is 3. The fourth-order valence-electron chi connectivity index (χ4n) is 11.4. The molecule has 2 heterocycles. The first-order valence-electron chi connectivity index (χ1n) is 25.7. The van der Waals surface area contributed by atoms with Crippen molar-refractivity contribution < 1.29 is 43.5 Å². The van der Waals surface area contributed by atoms with E-state index < -0.39 is 17.7 Å². The molecule has 12 nitrogen and oxygen atoms in total. The lowest BCUT2D eigenvalue weighted by Crippen LogP contribution is -2.70. The van der Waals surface area contributed by atoms with Gasteiger partial charge in [0.1, 0.15) is 29.9 Å². The minimum Gasteiger partial charge on any atom is -0.459 e. The lowest BCUT2D eigenvalue weighted by atomic mass is 9.55. The molecule has 0 saturated heterocycles. The highest BCUT2D eigenvalue weighted by Crippen LogP contribution is 2.62. The number of benzene rings is 6. The SMILES string of the molecule is C=CCO[C@@]12Oc3ccc(Oc4ccc(-c5ccccc5)cc4)cc3[C@H]3[C@H](CCCCO)[C@@H](CCCCO)C=C(C(=NOCc4ccccc4)C[C@@H]1N(Cc1ccc4c(c1)OCO4)C(=O)c1ccc(C#N)cc1)[C@H]32. The van der Waals surface area contributed by atoms with Crippen molar-refractivity contribution in [2.75, 3.05) is 26.6 Å². The Morgan fingerprint density at radius 3 is 2.23 bits per heavy atom. The fourth-order valence-corrected chi connectivity index (χ4v) is 11.4. The van der Waals surface area contributed by atoms with Gasteiger partial charge in [0, 0.05) is 43.2 Å². The summed E-state index contributed by atoms with van der Waals surface area (Å²) in [6, 6.07) is 47.8. The van der Waals surface area contributed by atoms with Crippen molar-refractivity contribution in [3.63, 3.8) is 0 Å². The molecular weight excluding hydrogens is 931 g/mol. The summed E-state index contributed by atoms with van der Waals surface area (Å²) in [6.07, 6.45) is 8.64. The molecular formula is C62H61N3O9. The second-order valence-corrected chi connectivity index (χ2v) is 19.3. The zero-order valence-corrected chi connectivity index (χ0v) is 41.4. The van der Waals surface area contributed by atoms with E-state index in [1.165, 1.54) is 0 Å². The van der Waals surface area contributed by atoms with Crippen LogP contribution in [0, 0.1) is 29.1 Å². The average molecular weight is 992 g/mol. The zero-order chi connectivity index (χ0) is 50.9. The highest BCUT2D eigenvalue weighted by Gasteiger charge is 2.65. The van der Waals surface area contributed by atoms with Gasteiger partial charge < -0.3 is 43.6 Å². The van der Waals surface area contributed by atoms with Gasteiger partial charge in [-0.3, -0.25) is 4.79 Å². The Morgan fingerprint density at radius 1 is 0.784 bits per heavy atom. The zero-order valence-electron chi connectivity index (χ0n) is 41.4. The van der Waals surface area contributed by atoms with E-state index in [2.05, 4.69) is 49.1 Å². The predicted molar refractivity (Wildman–Crippen MR) is 282 cm³/mol. The van der Waals surface area contributed by atoms with Crippen LogP contribution in [0.4, 0.5) is 0 Å². The van der Waals surface area contributed by atoms with Crippen molar-refractivity contribution in [3.8, 4) is 45.9 Å². The van der Waals surface area contributed by atoms with Gasteiger partial charge in [-0.1, -0.05) is 109 Å². The van der Waals surface area contributed by atoms with Gasteiger partial charge in [-0.25, -0.2) is 0 Å². The highest BCUT2D eigenvalue weighted by molar-refractivity contribution is 6.03.